The first-order valence-electron chi connectivity index (χ1n) is 6.80. The number of thiophene rings is 1. The van der Waals surface area contributed by atoms with E-state index in [1.165, 1.54) is 16.9 Å². The van der Waals surface area contributed by atoms with E-state index >= 15 is 0 Å². The zero-order chi connectivity index (χ0) is 13.0. The highest BCUT2D eigenvalue weighted by Gasteiger charge is 2.36. The third-order valence-electron chi connectivity index (χ3n) is 4.21. The van der Waals surface area contributed by atoms with Crippen molar-refractivity contribution in [2.75, 3.05) is 6.61 Å². The molecular formula is C14H15ClN2OS. The molecule has 0 bridgehead atoms. The first kappa shape index (κ1) is 12.1. The quantitative estimate of drug-likeness (QED) is 0.749. The molecular weight excluding hydrogens is 280 g/mol. The second-order valence-corrected chi connectivity index (χ2v) is 7.00. The Balaban J connectivity index is 1.91. The highest BCUT2D eigenvalue weighted by atomic mass is 35.5. The average molecular weight is 295 g/mol. The van der Waals surface area contributed by atoms with E-state index in [0.29, 0.717) is 5.15 Å². The van der Waals surface area contributed by atoms with Crippen LogP contribution in [0.2, 0.25) is 5.15 Å². The third kappa shape index (κ3) is 1.73. The minimum Gasteiger partial charge on any atom is -0.367 e. The van der Waals surface area contributed by atoms with Crippen LogP contribution in [0.3, 0.4) is 0 Å². The van der Waals surface area contributed by atoms with Gasteiger partial charge in [0, 0.05) is 11.5 Å². The zero-order valence-electron chi connectivity index (χ0n) is 10.8. The number of halogens is 1. The van der Waals surface area contributed by atoms with Crippen molar-refractivity contribution < 1.29 is 4.74 Å². The van der Waals surface area contributed by atoms with E-state index in [1.54, 1.807) is 11.3 Å². The lowest BCUT2D eigenvalue weighted by atomic mass is 10.0. The predicted molar refractivity (Wildman–Crippen MR) is 77.0 cm³/mol. The molecule has 4 rings (SSSR count). The van der Waals surface area contributed by atoms with Gasteiger partial charge in [-0.3, -0.25) is 0 Å². The van der Waals surface area contributed by atoms with Crippen LogP contribution in [0.15, 0.2) is 0 Å². The average Bonchev–Trinajstić information content (AvgIpc) is 3.03. The van der Waals surface area contributed by atoms with E-state index in [9.17, 15) is 0 Å². The number of hydrogen-bond donors (Lipinski definition) is 0. The summed E-state index contributed by atoms with van der Waals surface area (Å²) in [6.45, 7) is 2.86. The van der Waals surface area contributed by atoms with Gasteiger partial charge in [0.15, 0.2) is 5.82 Å². The van der Waals surface area contributed by atoms with Gasteiger partial charge in [0.05, 0.1) is 5.39 Å². The molecule has 0 spiro atoms. The van der Waals surface area contributed by atoms with Crippen LogP contribution in [0, 0.1) is 0 Å². The Bertz CT molecular complexity index is 661. The van der Waals surface area contributed by atoms with E-state index in [-0.39, 0.29) is 5.60 Å². The fourth-order valence-corrected chi connectivity index (χ4v) is 4.74. The van der Waals surface area contributed by atoms with Gasteiger partial charge in [-0.15, -0.1) is 11.3 Å². The van der Waals surface area contributed by atoms with Gasteiger partial charge in [-0.2, -0.15) is 0 Å². The fraction of sp³-hybridized carbons (Fsp3) is 0.571. The number of aromatic nitrogens is 2. The van der Waals surface area contributed by atoms with Crippen LogP contribution in [0.25, 0.3) is 10.2 Å². The lowest BCUT2D eigenvalue weighted by Gasteiger charge is -2.21. The molecule has 0 aromatic carbocycles. The molecule has 2 aromatic heterocycles. The van der Waals surface area contributed by atoms with Gasteiger partial charge in [0.2, 0.25) is 0 Å². The molecule has 1 fully saturated rings. The minimum absolute atomic E-state index is 0.355. The molecule has 1 saturated heterocycles. The smallest absolute Gasteiger partial charge is 0.163 e. The standard InChI is InChI=1S/C14H15ClN2OS/c1-14(6-3-7-18-14)13-16-11(15)10-8-4-2-5-9(8)19-12(10)17-13/h2-7H2,1H3. The molecule has 100 valence electrons. The van der Waals surface area contributed by atoms with Crippen molar-refractivity contribution in [3.05, 3.63) is 21.4 Å². The summed E-state index contributed by atoms with van der Waals surface area (Å²) in [6, 6.07) is 0. The third-order valence-corrected chi connectivity index (χ3v) is 5.67. The normalized spacial score (nSPS) is 26.2. The topological polar surface area (TPSA) is 35.0 Å². The van der Waals surface area contributed by atoms with Gasteiger partial charge in [0.25, 0.3) is 0 Å². The lowest BCUT2D eigenvalue weighted by molar-refractivity contribution is 0.00966. The van der Waals surface area contributed by atoms with E-state index in [2.05, 4.69) is 11.9 Å². The van der Waals surface area contributed by atoms with E-state index in [1.807, 2.05) is 0 Å². The largest absolute Gasteiger partial charge is 0.367 e. The van der Waals surface area contributed by atoms with Crippen molar-refractivity contribution >= 4 is 33.2 Å². The number of hydrogen-bond acceptors (Lipinski definition) is 4. The van der Waals surface area contributed by atoms with Crippen LogP contribution in [0.5, 0.6) is 0 Å². The van der Waals surface area contributed by atoms with E-state index in [0.717, 1.165) is 48.3 Å². The molecule has 0 radical (unpaired) electrons. The van der Waals surface area contributed by atoms with Gasteiger partial charge in [-0.25, -0.2) is 9.97 Å². The van der Waals surface area contributed by atoms with E-state index < -0.39 is 0 Å². The second kappa shape index (κ2) is 4.14. The Kier molecular flexibility index (Phi) is 2.63. The van der Waals surface area contributed by atoms with Gasteiger partial charge in [-0.1, -0.05) is 11.6 Å². The van der Waals surface area contributed by atoms with E-state index in [4.69, 9.17) is 21.3 Å². The van der Waals surface area contributed by atoms with Crippen LogP contribution in [0.1, 0.15) is 42.5 Å². The second-order valence-electron chi connectivity index (χ2n) is 5.56. The van der Waals surface area contributed by atoms with Gasteiger partial charge >= 0.3 is 0 Å². The highest BCUT2D eigenvalue weighted by molar-refractivity contribution is 7.19. The number of nitrogens with zero attached hydrogens (tertiary/aromatic N) is 2. The molecule has 19 heavy (non-hydrogen) atoms. The molecule has 1 atom stereocenters. The Hall–Kier alpha value is -0.710. The molecule has 1 unspecified atom stereocenters. The Morgan fingerprint density at radius 1 is 1.26 bits per heavy atom. The number of ether oxygens (including phenoxy) is 1. The van der Waals surface area contributed by atoms with Crippen LogP contribution >= 0.6 is 22.9 Å². The molecule has 5 heteroatoms. The summed E-state index contributed by atoms with van der Waals surface area (Å²) in [5.74, 6) is 0.752. The molecule has 0 N–H and O–H groups in total. The summed E-state index contributed by atoms with van der Waals surface area (Å²) in [5.41, 5.74) is 1.03. The van der Waals surface area contributed by atoms with Crippen LogP contribution in [-0.2, 0) is 23.2 Å². The molecule has 0 amide bonds. The SMILES string of the molecule is CC1(c2nc(Cl)c3c4c(sc3n2)CCC4)CCCO1. The van der Waals surface area contributed by atoms with Gasteiger partial charge < -0.3 is 4.74 Å². The molecule has 3 heterocycles. The summed E-state index contributed by atoms with van der Waals surface area (Å²) in [7, 11) is 0. The first-order valence-corrected chi connectivity index (χ1v) is 7.99. The van der Waals surface area contributed by atoms with Crippen molar-refractivity contribution in [2.24, 2.45) is 0 Å². The first-order chi connectivity index (χ1) is 9.17. The van der Waals surface area contributed by atoms with Gasteiger partial charge in [-0.05, 0) is 44.6 Å². The molecule has 2 aliphatic rings. The number of aryl methyl sites for hydroxylation is 2. The highest BCUT2D eigenvalue weighted by Crippen LogP contribution is 2.41. The zero-order valence-corrected chi connectivity index (χ0v) is 12.4. The van der Waals surface area contributed by atoms with Gasteiger partial charge in [0.1, 0.15) is 15.6 Å². The summed E-state index contributed by atoms with van der Waals surface area (Å²) < 4.78 is 5.83. The van der Waals surface area contributed by atoms with Crippen LogP contribution < -0.4 is 0 Å². The van der Waals surface area contributed by atoms with Crippen LogP contribution in [0.4, 0.5) is 0 Å². The monoisotopic (exact) mass is 294 g/mol. The summed E-state index contributed by atoms with van der Waals surface area (Å²) in [6.07, 6.45) is 5.55. The fourth-order valence-electron chi connectivity index (χ4n) is 3.14. The molecule has 3 nitrogen and oxygen atoms in total. The molecule has 1 aliphatic carbocycles. The molecule has 1 aliphatic heterocycles. The Morgan fingerprint density at radius 2 is 2.16 bits per heavy atom. The maximum Gasteiger partial charge on any atom is 0.163 e. The van der Waals surface area contributed by atoms with Crippen LogP contribution in [-0.4, -0.2) is 16.6 Å². The Morgan fingerprint density at radius 3 is 2.95 bits per heavy atom. The van der Waals surface area contributed by atoms with Crippen molar-refractivity contribution in [3.8, 4) is 0 Å². The molecule has 0 saturated carbocycles. The Labute approximate surface area is 121 Å². The summed E-state index contributed by atoms with van der Waals surface area (Å²) in [4.78, 5) is 11.8. The summed E-state index contributed by atoms with van der Waals surface area (Å²) >= 11 is 8.21. The lowest BCUT2D eigenvalue weighted by Crippen LogP contribution is -2.23. The van der Waals surface area contributed by atoms with Crippen molar-refractivity contribution in [1.29, 1.82) is 0 Å². The van der Waals surface area contributed by atoms with Crippen molar-refractivity contribution in [3.63, 3.8) is 0 Å². The maximum atomic E-state index is 6.43. The number of rotatable bonds is 1. The number of fused-ring (bicyclic) bond motifs is 3. The minimum atomic E-state index is -0.355. The van der Waals surface area contributed by atoms with Crippen molar-refractivity contribution in [2.45, 2.75) is 44.6 Å². The van der Waals surface area contributed by atoms with Crippen molar-refractivity contribution in [1.82, 2.24) is 9.97 Å². The molecule has 2 aromatic rings. The summed E-state index contributed by atoms with van der Waals surface area (Å²) in [5, 5.41) is 1.70. The maximum absolute atomic E-state index is 6.43. The predicted octanol–water partition coefficient (Wildman–Crippen LogP) is 3.86.